The molecule has 2 rings (SSSR count). The van der Waals surface area contributed by atoms with E-state index in [0.717, 1.165) is 12.1 Å². The van der Waals surface area contributed by atoms with E-state index in [1.54, 1.807) is 25.1 Å². The number of sulfonamides is 1. The molecule has 0 saturated carbocycles. The standard InChI is InChI=1S/C15H14F3NO2S/c1-2-11-8-9-12(15(16,17)18)10-14(11)19-22(20,21)13-6-4-3-5-7-13/h3-10,19H,2H2,1H3. The lowest BCUT2D eigenvalue weighted by molar-refractivity contribution is -0.137. The van der Waals surface area contributed by atoms with E-state index in [2.05, 4.69) is 4.72 Å². The van der Waals surface area contributed by atoms with E-state index in [9.17, 15) is 21.6 Å². The first-order chi connectivity index (χ1) is 10.2. The Hall–Kier alpha value is -2.02. The highest BCUT2D eigenvalue weighted by atomic mass is 32.2. The fourth-order valence-corrected chi connectivity index (χ4v) is 3.07. The van der Waals surface area contributed by atoms with Gasteiger partial charge in [-0.05, 0) is 36.2 Å². The average Bonchev–Trinajstić information content (AvgIpc) is 2.47. The third kappa shape index (κ3) is 3.59. The van der Waals surface area contributed by atoms with Gasteiger partial charge < -0.3 is 0 Å². The Kier molecular flexibility index (Phi) is 4.46. The van der Waals surface area contributed by atoms with Gasteiger partial charge in [0.05, 0.1) is 16.1 Å². The molecule has 0 aliphatic carbocycles. The first-order valence-corrected chi connectivity index (χ1v) is 8.00. The van der Waals surface area contributed by atoms with Crippen molar-refractivity contribution >= 4 is 15.7 Å². The minimum absolute atomic E-state index is 0.00513. The molecule has 22 heavy (non-hydrogen) atoms. The maximum absolute atomic E-state index is 12.8. The first kappa shape index (κ1) is 16.4. The molecular weight excluding hydrogens is 315 g/mol. The predicted molar refractivity (Wildman–Crippen MR) is 78.1 cm³/mol. The largest absolute Gasteiger partial charge is 0.416 e. The monoisotopic (exact) mass is 329 g/mol. The Balaban J connectivity index is 2.44. The molecule has 0 aliphatic rings. The number of anilines is 1. The lowest BCUT2D eigenvalue weighted by Gasteiger charge is -2.15. The van der Waals surface area contributed by atoms with Crippen LogP contribution in [0, 0.1) is 0 Å². The SMILES string of the molecule is CCc1ccc(C(F)(F)F)cc1NS(=O)(=O)c1ccccc1. The van der Waals surface area contributed by atoms with Crippen molar-refractivity contribution in [1.29, 1.82) is 0 Å². The van der Waals surface area contributed by atoms with Crippen LogP contribution >= 0.6 is 0 Å². The molecule has 7 heteroatoms. The van der Waals surface area contributed by atoms with Crippen molar-refractivity contribution in [1.82, 2.24) is 0 Å². The second-order valence-electron chi connectivity index (χ2n) is 4.64. The molecule has 0 bridgehead atoms. The molecule has 118 valence electrons. The van der Waals surface area contributed by atoms with Crippen molar-refractivity contribution in [2.75, 3.05) is 4.72 Å². The summed E-state index contributed by atoms with van der Waals surface area (Å²) >= 11 is 0. The first-order valence-electron chi connectivity index (χ1n) is 6.52. The van der Waals surface area contributed by atoms with E-state index in [1.165, 1.54) is 18.2 Å². The van der Waals surface area contributed by atoms with E-state index in [1.807, 2.05) is 0 Å². The molecule has 0 atom stereocenters. The molecule has 0 aliphatic heterocycles. The van der Waals surface area contributed by atoms with E-state index >= 15 is 0 Å². The molecule has 0 aromatic heterocycles. The zero-order valence-electron chi connectivity index (χ0n) is 11.7. The van der Waals surface area contributed by atoms with Crippen molar-refractivity contribution in [3.05, 3.63) is 59.7 Å². The molecule has 0 fully saturated rings. The Morgan fingerprint density at radius 3 is 2.23 bits per heavy atom. The predicted octanol–water partition coefficient (Wildman–Crippen LogP) is 4.07. The van der Waals surface area contributed by atoms with Crippen LogP contribution in [0.5, 0.6) is 0 Å². The number of nitrogens with one attached hydrogen (secondary N) is 1. The van der Waals surface area contributed by atoms with Gasteiger partial charge in [-0.1, -0.05) is 31.2 Å². The lowest BCUT2D eigenvalue weighted by Crippen LogP contribution is -2.15. The highest BCUT2D eigenvalue weighted by Gasteiger charge is 2.31. The van der Waals surface area contributed by atoms with Crippen molar-refractivity contribution in [2.24, 2.45) is 0 Å². The van der Waals surface area contributed by atoms with Crippen LogP contribution in [-0.4, -0.2) is 8.42 Å². The van der Waals surface area contributed by atoms with Crippen LogP contribution in [0.1, 0.15) is 18.1 Å². The van der Waals surface area contributed by atoms with Crippen molar-refractivity contribution < 1.29 is 21.6 Å². The molecule has 0 amide bonds. The Morgan fingerprint density at radius 2 is 1.68 bits per heavy atom. The van der Waals surface area contributed by atoms with Gasteiger partial charge in [-0.25, -0.2) is 8.42 Å². The van der Waals surface area contributed by atoms with Gasteiger partial charge in [0.2, 0.25) is 0 Å². The molecular formula is C15H14F3NO2S. The Labute approximate surface area is 126 Å². The van der Waals surface area contributed by atoms with E-state index in [0.29, 0.717) is 12.0 Å². The maximum Gasteiger partial charge on any atom is 0.416 e. The van der Waals surface area contributed by atoms with Gasteiger partial charge in [-0.15, -0.1) is 0 Å². The summed E-state index contributed by atoms with van der Waals surface area (Å²) in [7, 11) is -3.93. The molecule has 0 radical (unpaired) electrons. The lowest BCUT2D eigenvalue weighted by atomic mass is 10.1. The number of hydrogen-bond acceptors (Lipinski definition) is 2. The summed E-state index contributed by atoms with van der Waals surface area (Å²) in [6, 6.07) is 10.5. The van der Waals surface area contributed by atoms with Crippen molar-refractivity contribution in [2.45, 2.75) is 24.4 Å². The van der Waals surface area contributed by atoms with E-state index in [4.69, 9.17) is 0 Å². The number of aryl methyl sites for hydroxylation is 1. The Morgan fingerprint density at radius 1 is 1.05 bits per heavy atom. The number of halogens is 3. The molecule has 0 saturated heterocycles. The molecule has 0 spiro atoms. The normalized spacial score (nSPS) is 12.2. The smallest absolute Gasteiger partial charge is 0.279 e. The summed E-state index contributed by atoms with van der Waals surface area (Å²) in [6.07, 6.45) is -4.12. The summed E-state index contributed by atoms with van der Waals surface area (Å²) in [5, 5.41) is 0. The highest BCUT2D eigenvalue weighted by molar-refractivity contribution is 7.92. The topological polar surface area (TPSA) is 46.2 Å². The minimum atomic E-state index is -4.53. The van der Waals surface area contributed by atoms with Gasteiger partial charge in [0.1, 0.15) is 0 Å². The number of alkyl halides is 3. The third-order valence-electron chi connectivity index (χ3n) is 3.12. The Bertz CT molecular complexity index is 756. The quantitative estimate of drug-likeness (QED) is 0.919. The zero-order valence-corrected chi connectivity index (χ0v) is 12.5. The van der Waals surface area contributed by atoms with Crippen LogP contribution < -0.4 is 4.72 Å². The van der Waals surface area contributed by atoms with Gasteiger partial charge >= 0.3 is 6.18 Å². The highest BCUT2D eigenvalue weighted by Crippen LogP contribution is 2.33. The fraction of sp³-hybridized carbons (Fsp3) is 0.200. The van der Waals surface area contributed by atoms with Gasteiger partial charge in [-0.2, -0.15) is 13.2 Å². The second-order valence-corrected chi connectivity index (χ2v) is 6.32. The summed E-state index contributed by atoms with van der Waals surface area (Å²) in [5.74, 6) is 0. The average molecular weight is 329 g/mol. The van der Waals surface area contributed by atoms with E-state index < -0.39 is 21.8 Å². The molecule has 3 nitrogen and oxygen atoms in total. The van der Waals surface area contributed by atoms with Crippen LogP contribution in [0.15, 0.2) is 53.4 Å². The van der Waals surface area contributed by atoms with Crippen molar-refractivity contribution in [3.8, 4) is 0 Å². The summed E-state index contributed by atoms with van der Waals surface area (Å²) in [6.45, 7) is 1.74. The number of rotatable bonds is 4. The van der Waals surface area contributed by atoms with Gasteiger partial charge in [-0.3, -0.25) is 4.72 Å². The maximum atomic E-state index is 12.8. The minimum Gasteiger partial charge on any atom is -0.279 e. The third-order valence-corrected chi connectivity index (χ3v) is 4.50. The van der Waals surface area contributed by atoms with Crippen molar-refractivity contribution in [3.63, 3.8) is 0 Å². The zero-order chi connectivity index (χ0) is 16.4. The van der Waals surface area contributed by atoms with Crippen LogP contribution in [0.2, 0.25) is 0 Å². The van der Waals surface area contributed by atoms with Crippen LogP contribution in [0.3, 0.4) is 0 Å². The number of benzene rings is 2. The number of hydrogen-bond donors (Lipinski definition) is 1. The van der Waals surface area contributed by atoms with Gasteiger partial charge in [0.25, 0.3) is 10.0 Å². The van der Waals surface area contributed by atoms with E-state index in [-0.39, 0.29) is 10.6 Å². The molecule has 2 aromatic rings. The summed E-state index contributed by atoms with van der Waals surface area (Å²) < 4.78 is 65.1. The second kappa shape index (κ2) is 6.00. The molecule has 1 N–H and O–H groups in total. The summed E-state index contributed by atoms with van der Waals surface area (Å²) in [5.41, 5.74) is -0.454. The molecule has 0 unspecified atom stereocenters. The molecule has 0 heterocycles. The summed E-state index contributed by atoms with van der Waals surface area (Å²) in [4.78, 5) is -0.00513. The fourth-order valence-electron chi connectivity index (χ4n) is 1.96. The van der Waals surface area contributed by atoms with Crippen LogP contribution in [0.4, 0.5) is 18.9 Å². The van der Waals surface area contributed by atoms with Gasteiger partial charge in [0, 0.05) is 0 Å². The van der Waals surface area contributed by atoms with Crippen LogP contribution in [0.25, 0.3) is 0 Å². The van der Waals surface area contributed by atoms with Crippen LogP contribution in [-0.2, 0) is 22.6 Å². The molecule has 2 aromatic carbocycles. The van der Waals surface area contributed by atoms with Gasteiger partial charge in [0.15, 0.2) is 0 Å².